The summed E-state index contributed by atoms with van der Waals surface area (Å²) in [4.78, 5) is 12.7. The van der Waals surface area contributed by atoms with E-state index in [1.807, 2.05) is 23.1 Å². The molecular weight excluding hydrogens is 293 g/mol. The van der Waals surface area contributed by atoms with Gasteiger partial charge >= 0.3 is 5.97 Å². The highest BCUT2D eigenvalue weighted by Gasteiger charge is 2.10. The zero-order chi connectivity index (χ0) is 15.2. The molecule has 0 radical (unpaired) electrons. The van der Waals surface area contributed by atoms with Crippen LogP contribution in [0, 0.1) is 5.82 Å². The Balaban J connectivity index is 2.19. The summed E-state index contributed by atoms with van der Waals surface area (Å²) in [6, 6.07) is 13.4. The molecule has 0 saturated heterocycles. The molecule has 3 nitrogen and oxygen atoms in total. The van der Waals surface area contributed by atoms with Gasteiger partial charge in [0.25, 0.3) is 0 Å². The lowest BCUT2D eigenvalue weighted by atomic mass is 10.2. The van der Waals surface area contributed by atoms with Crippen LogP contribution in [-0.4, -0.2) is 17.6 Å². The summed E-state index contributed by atoms with van der Waals surface area (Å²) in [5.41, 5.74) is 1.64. The van der Waals surface area contributed by atoms with Gasteiger partial charge in [0.1, 0.15) is 5.82 Å². The molecule has 0 aliphatic heterocycles. The summed E-state index contributed by atoms with van der Waals surface area (Å²) in [6.45, 7) is 0.778. The fourth-order valence-corrected chi connectivity index (χ4v) is 2.16. The summed E-state index contributed by atoms with van der Waals surface area (Å²) in [6.07, 6.45) is 0.0118. The lowest BCUT2D eigenvalue weighted by Crippen LogP contribution is -2.25. The molecule has 0 heterocycles. The van der Waals surface area contributed by atoms with Crippen LogP contribution < -0.4 is 4.90 Å². The van der Waals surface area contributed by atoms with Crippen LogP contribution >= 0.6 is 11.6 Å². The molecule has 0 bridgehead atoms. The van der Waals surface area contributed by atoms with Crippen LogP contribution in [0.3, 0.4) is 0 Å². The molecule has 5 heteroatoms. The van der Waals surface area contributed by atoms with Gasteiger partial charge in [-0.25, -0.2) is 4.39 Å². The molecular formula is C16H15ClFNO2. The number of nitrogens with zero attached hydrogens (tertiary/aromatic N) is 1. The van der Waals surface area contributed by atoms with Gasteiger partial charge in [0, 0.05) is 23.8 Å². The van der Waals surface area contributed by atoms with Gasteiger partial charge in [-0.3, -0.25) is 4.79 Å². The first-order chi connectivity index (χ1) is 10.0. The first-order valence-electron chi connectivity index (χ1n) is 6.51. The topological polar surface area (TPSA) is 40.5 Å². The van der Waals surface area contributed by atoms with Crippen molar-refractivity contribution in [2.45, 2.75) is 13.0 Å². The predicted molar refractivity (Wildman–Crippen MR) is 81.2 cm³/mol. The van der Waals surface area contributed by atoms with Crippen LogP contribution in [0.1, 0.15) is 12.0 Å². The van der Waals surface area contributed by atoms with E-state index < -0.39 is 5.97 Å². The van der Waals surface area contributed by atoms with Crippen molar-refractivity contribution in [3.8, 4) is 0 Å². The summed E-state index contributed by atoms with van der Waals surface area (Å²) >= 11 is 5.86. The molecule has 2 aromatic carbocycles. The number of benzene rings is 2. The maximum atomic E-state index is 13.3. The van der Waals surface area contributed by atoms with Crippen molar-refractivity contribution in [1.82, 2.24) is 0 Å². The number of carboxylic acids is 1. The molecule has 0 fully saturated rings. The monoisotopic (exact) mass is 307 g/mol. The van der Waals surface area contributed by atoms with Crippen molar-refractivity contribution in [1.29, 1.82) is 0 Å². The predicted octanol–water partition coefficient (Wildman–Crippen LogP) is 3.96. The fourth-order valence-electron chi connectivity index (χ4n) is 2.04. The number of hydrogen-bond donors (Lipinski definition) is 1. The first kappa shape index (κ1) is 15.3. The number of aliphatic carboxylic acids is 1. The number of hydrogen-bond acceptors (Lipinski definition) is 2. The van der Waals surface area contributed by atoms with Crippen LogP contribution in [0.2, 0.25) is 5.02 Å². The third kappa shape index (κ3) is 4.76. The van der Waals surface area contributed by atoms with E-state index in [0.29, 0.717) is 18.1 Å². The number of halogens is 2. The van der Waals surface area contributed by atoms with Crippen molar-refractivity contribution in [3.63, 3.8) is 0 Å². The molecule has 0 atom stereocenters. The molecule has 0 unspecified atom stereocenters. The molecule has 1 N–H and O–H groups in total. The minimum Gasteiger partial charge on any atom is -0.481 e. The fraction of sp³-hybridized carbons (Fsp3) is 0.188. The maximum Gasteiger partial charge on any atom is 0.305 e. The highest BCUT2D eigenvalue weighted by Crippen LogP contribution is 2.20. The van der Waals surface area contributed by atoms with Gasteiger partial charge in [-0.05, 0) is 42.0 Å². The molecule has 0 spiro atoms. The number of rotatable bonds is 6. The van der Waals surface area contributed by atoms with Gasteiger partial charge in [-0.15, -0.1) is 0 Å². The zero-order valence-electron chi connectivity index (χ0n) is 11.3. The Morgan fingerprint density at radius 1 is 1.19 bits per heavy atom. The highest BCUT2D eigenvalue weighted by atomic mass is 35.5. The third-order valence-corrected chi connectivity index (χ3v) is 3.30. The molecule has 110 valence electrons. The Hall–Kier alpha value is -2.07. The minimum absolute atomic E-state index is 0.0118. The summed E-state index contributed by atoms with van der Waals surface area (Å²) < 4.78 is 13.3. The van der Waals surface area contributed by atoms with Crippen LogP contribution in [-0.2, 0) is 11.3 Å². The zero-order valence-corrected chi connectivity index (χ0v) is 12.1. The number of carboxylic acid groups (broad SMARTS) is 1. The largest absolute Gasteiger partial charge is 0.481 e. The van der Waals surface area contributed by atoms with E-state index in [9.17, 15) is 9.18 Å². The smallest absolute Gasteiger partial charge is 0.305 e. The SMILES string of the molecule is O=C(O)CCN(Cc1cccc(F)c1)c1ccc(Cl)cc1. The number of carbonyl (C=O) groups is 1. The van der Waals surface area contributed by atoms with E-state index in [1.165, 1.54) is 12.1 Å². The van der Waals surface area contributed by atoms with E-state index in [4.69, 9.17) is 16.7 Å². The van der Waals surface area contributed by atoms with Gasteiger partial charge in [-0.1, -0.05) is 23.7 Å². The van der Waals surface area contributed by atoms with Crippen LogP contribution in [0.5, 0.6) is 0 Å². The standard InChI is InChI=1S/C16H15ClFNO2/c17-13-4-6-15(7-5-13)19(9-8-16(20)21)11-12-2-1-3-14(18)10-12/h1-7,10H,8-9,11H2,(H,20,21). The second-order valence-electron chi connectivity index (χ2n) is 4.67. The Kier molecular flexibility index (Phi) is 5.17. The molecule has 2 rings (SSSR count). The van der Waals surface area contributed by atoms with E-state index in [2.05, 4.69) is 0 Å². The number of anilines is 1. The molecule has 0 saturated carbocycles. The Morgan fingerprint density at radius 2 is 1.90 bits per heavy atom. The third-order valence-electron chi connectivity index (χ3n) is 3.05. The van der Waals surface area contributed by atoms with Crippen LogP contribution in [0.4, 0.5) is 10.1 Å². The van der Waals surface area contributed by atoms with Crippen molar-refractivity contribution in [3.05, 3.63) is 64.9 Å². The normalized spacial score (nSPS) is 10.4. The second kappa shape index (κ2) is 7.09. The van der Waals surface area contributed by atoms with E-state index in [-0.39, 0.29) is 12.2 Å². The van der Waals surface area contributed by atoms with Gasteiger partial charge < -0.3 is 10.0 Å². The summed E-state index contributed by atoms with van der Waals surface area (Å²) in [5.74, 6) is -1.17. The van der Waals surface area contributed by atoms with Gasteiger partial charge in [0.2, 0.25) is 0 Å². The van der Waals surface area contributed by atoms with Crippen LogP contribution in [0.25, 0.3) is 0 Å². The van der Waals surface area contributed by atoms with Crippen molar-refractivity contribution < 1.29 is 14.3 Å². The van der Waals surface area contributed by atoms with Crippen molar-refractivity contribution in [2.24, 2.45) is 0 Å². The van der Waals surface area contributed by atoms with E-state index in [1.54, 1.807) is 18.2 Å². The minimum atomic E-state index is -0.867. The Morgan fingerprint density at radius 3 is 2.52 bits per heavy atom. The second-order valence-corrected chi connectivity index (χ2v) is 5.11. The average Bonchev–Trinajstić information content (AvgIpc) is 2.44. The van der Waals surface area contributed by atoms with E-state index >= 15 is 0 Å². The van der Waals surface area contributed by atoms with Gasteiger partial charge in [0.05, 0.1) is 6.42 Å². The average molecular weight is 308 g/mol. The van der Waals surface area contributed by atoms with Crippen molar-refractivity contribution in [2.75, 3.05) is 11.4 Å². The highest BCUT2D eigenvalue weighted by molar-refractivity contribution is 6.30. The maximum absolute atomic E-state index is 13.3. The van der Waals surface area contributed by atoms with Crippen molar-refractivity contribution >= 4 is 23.3 Å². The molecule has 0 aromatic heterocycles. The first-order valence-corrected chi connectivity index (χ1v) is 6.89. The lowest BCUT2D eigenvalue weighted by Gasteiger charge is -2.24. The van der Waals surface area contributed by atoms with E-state index in [0.717, 1.165) is 11.3 Å². The Labute approximate surface area is 127 Å². The Bertz CT molecular complexity index is 616. The molecule has 0 amide bonds. The molecule has 21 heavy (non-hydrogen) atoms. The quantitative estimate of drug-likeness (QED) is 0.878. The summed E-state index contributed by atoms with van der Waals surface area (Å²) in [5, 5.41) is 9.47. The van der Waals surface area contributed by atoms with Gasteiger partial charge in [-0.2, -0.15) is 0 Å². The molecule has 0 aliphatic rings. The van der Waals surface area contributed by atoms with Crippen LogP contribution in [0.15, 0.2) is 48.5 Å². The summed E-state index contributed by atoms with van der Waals surface area (Å²) in [7, 11) is 0. The molecule has 2 aromatic rings. The van der Waals surface area contributed by atoms with Gasteiger partial charge in [0.15, 0.2) is 0 Å². The molecule has 0 aliphatic carbocycles. The lowest BCUT2D eigenvalue weighted by molar-refractivity contribution is -0.136.